The Morgan fingerprint density at radius 1 is 1.27 bits per heavy atom. The number of amides is 1. The third kappa shape index (κ3) is 4.13. The number of carbonyl (C=O) groups excluding carboxylic acids is 1. The van der Waals surface area contributed by atoms with E-state index in [0.717, 1.165) is 0 Å². The van der Waals surface area contributed by atoms with Gasteiger partial charge in [0, 0.05) is 5.56 Å². The number of methoxy groups -OCH3 is 1. The number of carboxylic acids is 1. The first-order chi connectivity index (χ1) is 10.4. The van der Waals surface area contributed by atoms with Crippen molar-refractivity contribution in [1.29, 1.82) is 0 Å². The van der Waals surface area contributed by atoms with Crippen LogP contribution in [-0.4, -0.2) is 36.2 Å². The molecule has 0 heterocycles. The highest BCUT2D eigenvalue weighted by molar-refractivity contribution is 5.98. The van der Waals surface area contributed by atoms with E-state index in [1.807, 2.05) is 13.8 Å². The summed E-state index contributed by atoms with van der Waals surface area (Å²) in [5.41, 5.74) is -0.971. The molecule has 1 amide bonds. The van der Waals surface area contributed by atoms with Gasteiger partial charge in [0.15, 0.2) is 11.5 Å². The van der Waals surface area contributed by atoms with Crippen LogP contribution < -0.4 is 14.8 Å². The standard InChI is InChI=1S/C16H23NO5/c1-5-9-16(3,15(19)20)17-14(18)11-7-8-12(22-6-2)13(10-11)21-4/h7-8,10H,5-6,9H2,1-4H3,(H,17,18)(H,19,20). The SMILES string of the molecule is CCCC(C)(NC(=O)c1ccc(OCC)c(OC)c1)C(=O)O. The van der Waals surface area contributed by atoms with Gasteiger partial charge >= 0.3 is 5.97 Å². The Hall–Kier alpha value is -2.24. The summed E-state index contributed by atoms with van der Waals surface area (Å²) in [7, 11) is 1.48. The number of nitrogens with one attached hydrogen (secondary N) is 1. The zero-order valence-electron chi connectivity index (χ0n) is 13.4. The van der Waals surface area contributed by atoms with Gasteiger partial charge in [0.1, 0.15) is 5.54 Å². The molecule has 6 heteroatoms. The van der Waals surface area contributed by atoms with E-state index >= 15 is 0 Å². The molecule has 1 unspecified atom stereocenters. The van der Waals surface area contributed by atoms with Gasteiger partial charge < -0.3 is 19.9 Å². The molecule has 0 saturated carbocycles. The van der Waals surface area contributed by atoms with Gasteiger partial charge in [-0.05, 0) is 38.5 Å². The normalized spacial score (nSPS) is 13.1. The number of rotatable bonds is 8. The zero-order valence-corrected chi connectivity index (χ0v) is 13.4. The van der Waals surface area contributed by atoms with E-state index in [1.54, 1.807) is 12.1 Å². The third-order valence-electron chi connectivity index (χ3n) is 3.34. The largest absolute Gasteiger partial charge is 0.493 e. The van der Waals surface area contributed by atoms with Crippen LogP contribution in [0.1, 0.15) is 44.0 Å². The highest BCUT2D eigenvalue weighted by Crippen LogP contribution is 2.28. The number of ether oxygens (including phenoxy) is 2. The van der Waals surface area contributed by atoms with E-state index in [2.05, 4.69) is 5.32 Å². The molecule has 0 aliphatic heterocycles. The summed E-state index contributed by atoms with van der Waals surface area (Å²) in [5, 5.41) is 11.9. The van der Waals surface area contributed by atoms with Crippen LogP contribution in [0.3, 0.4) is 0 Å². The molecule has 6 nitrogen and oxygen atoms in total. The number of carboxylic acid groups (broad SMARTS) is 1. The van der Waals surface area contributed by atoms with Gasteiger partial charge in [0.2, 0.25) is 0 Å². The summed E-state index contributed by atoms with van der Waals surface area (Å²) in [4.78, 5) is 23.7. The summed E-state index contributed by atoms with van der Waals surface area (Å²) in [6, 6.07) is 4.75. The van der Waals surface area contributed by atoms with Crippen LogP contribution in [0.4, 0.5) is 0 Å². The van der Waals surface area contributed by atoms with Gasteiger partial charge in [-0.15, -0.1) is 0 Å². The number of benzene rings is 1. The Balaban J connectivity index is 3.00. The number of aliphatic carboxylic acids is 1. The molecule has 0 aliphatic carbocycles. The number of hydrogen-bond donors (Lipinski definition) is 2. The molecule has 0 radical (unpaired) electrons. The van der Waals surface area contributed by atoms with Gasteiger partial charge in [0.25, 0.3) is 5.91 Å². The number of hydrogen-bond acceptors (Lipinski definition) is 4. The van der Waals surface area contributed by atoms with Gasteiger partial charge in [-0.25, -0.2) is 4.79 Å². The van der Waals surface area contributed by atoms with Crippen LogP contribution in [0, 0.1) is 0 Å². The quantitative estimate of drug-likeness (QED) is 0.770. The Bertz CT molecular complexity index is 543. The van der Waals surface area contributed by atoms with Crippen molar-refractivity contribution < 1.29 is 24.2 Å². The lowest BCUT2D eigenvalue weighted by Gasteiger charge is -2.26. The molecular formula is C16H23NO5. The first kappa shape index (κ1) is 17.8. The molecular weight excluding hydrogens is 286 g/mol. The topological polar surface area (TPSA) is 84.9 Å². The smallest absolute Gasteiger partial charge is 0.329 e. The fourth-order valence-electron chi connectivity index (χ4n) is 2.13. The molecule has 122 valence electrons. The Morgan fingerprint density at radius 2 is 1.95 bits per heavy atom. The van der Waals surface area contributed by atoms with Gasteiger partial charge in [-0.1, -0.05) is 13.3 Å². The van der Waals surface area contributed by atoms with Crippen LogP contribution in [0.15, 0.2) is 18.2 Å². The Morgan fingerprint density at radius 3 is 2.45 bits per heavy atom. The minimum atomic E-state index is -1.29. The molecule has 1 aromatic carbocycles. The molecule has 0 fully saturated rings. The molecule has 0 aromatic heterocycles. The maximum absolute atomic E-state index is 12.3. The predicted octanol–water partition coefficient (Wildman–Crippen LogP) is 2.47. The monoisotopic (exact) mass is 309 g/mol. The van der Waals surface area contributed by atoms with Crippen molar-refractivity contribution in [2.24, 2.45) is 0 Å². The summed E-state index contributed by atoms with van der Waals surface area (Å²) in [6.07, 6.45) is 0.998. The number of carbonyl (C=O) groups is 2. The lowest BCUT2D eigenvalue weighted by Crippen LogP contribution is -2.52. The molecule has 1 aromatic rings. The lowest BCUT2D eigenvalue weighted by molar-refractivity contribution is -0.144. The van der Waals surface area contributed by atoms with Crippen molar-refractivity contribution in [3.8, 4) is 11.5 Å². The van der Waals surface area contributed by atoms with Gasteiger partial charge in [-0.2, -0.15) is 0 Å². The van der Waals surface area contributed by atoms with E-state index in [0.29, 0.717) is 36.5 Å². The van der Waals surface area contributed by atoms with Gasteiger partial charge in [-0.3, -0.25) is 4.79 Å². The van der Waals surface area contributed by atoms with Crippen LogP contribution in [0.2, 0.25) is 0 Å². The Labute approximate surface area is 130 Å². The van der Waals surface area contributed by atoms with Crippen molar-refractivity contribution in [2.75, 3.05) is 13.7 Å². The molecule has 1 rings (SSSR count). The van der Waals surface area contributed by atoms with Crippen molar-refractivity contribution in [2.45, 2.75) is 39.2 Å². The highest BCUT2D eigenvalue weighted by Gasteiger charge is 2.34. The minimum absolute atomic E-state index is 0.323. The van der Waals surface area contributed by atoms with Crippen LogP contribution in [0.25, 0.3) is 0 Å². The van der Waals surface area contributed by atoms with E-state index in [1.165, 1.54) is 20.1 Å². The van der Waals surface area contributed by atoms with E-state index in [9.17, 15) is 14.7 Å². The van der Waals surface area contributed by atoms with Gasteiger partial charge in [0.05, 0.1) is 13.7 Å². The second-order valence-electron chi connectivity index (χ2n) is 5.14. The average molecular weight is 309 g/mol. The molecule has 0 saturated heterocycles. The summed E-state index contributed by atoms with van der Waals surface area (Å²) < 4.78 is 10.6. The van der Waals surface area contributed by atoms with Crippen LogP contribution in [-0.2, 0) is 4.79 Å². The van der Waals surface area contributed by atoms with Crippen molar-refractivity contribution in [3.05, 3.63) is 23.8 Å². The molecule has 0 bridgehead atoms. The maximum atomic E-state index is 12.3. The van der Waals surface area contributed by atoms with Crippen molar-refractivity contribution in [3.63, 3.8) is 0 Å². The van der Waals surface area contributed by atoms with E-state index in [4.69, 9.17) is 9.47 Å². The van der Waals surface area contributed by atoms with E-state index < -0.39 is 17.4 Å². The predicted molar refractivity (Wildman–Crippen MR) is 82.6 cm³/mol. The van der Waals surface area contributed by atoms with Crippen LogP contribution in [0.5, 0.6) is 11.5 Å². The Kier molecular flexibility index (Phi) is 6.22. The fourth-order valence-corrected chi connectivity index (χ4v) is 2.13. The first-order valence-corrected chi connectivity index (χ1v) is 7.24. The summed E-state index contributed by atoms with van der Waals surface area (Å²) >= 11 is 0. The van der Waals surface area contributed by atoms with Crippen LogP contribution >= 0.6 is 0 Å². The molecule has 2 N–H and O–H groups in total. The minimum Gasteiger partial charge on any atom is -0.493 e. The molecule has 0 aliphatic rings. The van der Waals surface area contributed by atoms with E-state index in [-0.39, 0.29) is 0 Å². The average Bonchev–Trinajstić information content (AvgIpc) is 2.47. The highest BCUT2D eigenvalue weighted by atomic mass is 16.5. The van der Waals surface area contributed by atoms with Crippen molar-refractivity contribution >= 4 is 11.9 Å². The maximum Gasteiger partial charge on any atom is 0.329 e. The molecule has 1 atom stereocenters. The molecule has 0 spiro atoms. The first-order valence-electron chi connectivity index (χ1n) is 7.24. The summed E-state index contributed by atoms with van der Waals surface area (Å²) in [5.74, 6) is -0.543. The second kappa shape index (κ2) is 7.68. The van der Waals surface area contributed by atoms with Crippen molar-refractivity contribution in [1.82, 2.24) is 5.32 Å². The summed E-state index contributed by atoms with van der Waals surface area (Å²) in [6.45, 7) is 5.70. The molecule has 22 heavy (non-hydrogen) atoms. The zero-order chi connectivity index (χ0) is 16.8. The third-order valence-corrected chi connectivity index (χ3v) is 3.34. The second-order valence-corrected chi connectivity index (χ2v) is 5.14. The lowest BCUT2D eigenvalue weighted by atomic mass is 9.95. The fraction of sp³-hybridized carbons (Fsp3) is 0.500.